The minimum Gasteiger partial charge on any atom is -0.355 e. The maximum absolute atomic E-state index is 12.4. The summed E-state index contributed by atoms with van der Waals surface area (Å²) >= 11 is 1.54. The zero-order chi connectivity index (χ0) is 46.3. The average molecular weight is 927 g/mol. The van der Waals surface area contributed by atoms with Crippen LogP contribution in [0.25, 0.3) is 66.5 Å². The van der Waals surface area contributed by atoms with E-state index in [2.05, 4.69) is 73.4 Å². The number of aromatic amines is 1. The van der Waals surface area contributed by atoms with Crippen LogP contribution < -0.4 is 15.1 Å². The summed E-state index contributed by atoms with van der Waals surface area (Å²) in [6.07, 6.45) is 15.2. The lowest BCUT2D eigenvalue weighted by Gasteiger charge is -2.10. The number of alkyl halides is 3. The summed E-state index contributed by atoms with van der Waals surface area (Å²) in [5.41, 5.74) is 3.16. The molecular weight excluding hydrogens is 894 g/mol. The zero-order valence-electron chi connectivity index (χ0n) is 34.5. The van der Waals surface area contributed by atoms with Crippen LogP contribution in [-0.4, -0.2) is 69.0 Å². The molecule has 0 bridgehead atoms. The van der Waals surface area contributed by atoms with Gasteiger partial charge in [-0.05, 0) is 60.7 Å². The Morgan fingerprint density at radius 3 is 1.71 bits per heavy atom. The minimum absolute atomic E-state index is 0.129. The number of hydrogen-bond donors (Lipinski definition) is 2. The number of aromatic nitrogens is 11. The number of halogens is 3. The number of nitrogens with one attached hydrogen (secondary N) is 2. The normalized spacial score (nSPS) is 11.4. The van der Waals surface area contributed by atoms with Gasteiger partial charge in [0.15, 0.2) is 0 Å². The summed E-state index contributed by atoms with van der Waals surface area (Å²) in [6, 6.07) is 25.9. The fraction of sp³-hybridized carbons (Fsp3) is 0.0889. The molecule has 0 saturated heterocycles. The fourth-order valence-electron chi connectivity index (χ4n) is 6.26. The van der Waals surface area contributed by atoms with Crippen LogP contribution in [-0.2, 0) is 10.1 Å². The average Bonchev–Trinajstić information content (AvgIpc) is 3.81. The summed E-state index contributed by atoms with van der Waals surface area (Å²) in [5, 5.41) is 13.4. The second kappa shape index (κ2) is 19.3. The Morgan fingerprint density at radius 1 is 0.636 bits per heavy atom. The number of H-pyrrole nitrogens is 1. The van der Waals surface area contributed by atoms with Crippen molar-refractivity contribution in [3.05, 3.63) is 162 Å². The van der Waals surface area contributed by atoms with Crippen molar-refractivity contribution in [1.29, 1.82) is 0 Å². The van der Waals surface area contributed by atoms with E-state index < -0.39 is 21.5 Å². The van der Waals surface area contributed by atoms with Crippen LogP contribution in [0.3, 0.4) is 0 Å². The second-order valence-electron chi connectivity index (χ2n) is 14.2. The highest BCUT2D eigenvalue weighted by Gasteiger charge is 2.49. The SMILES string of the molecule is CC(C)c1nnc(Nc2ccc3nccc(-c4cccnc4)c3n2)s1.O=S(=O)(Oc1ccc2nccc(-c3cccnc3)c2n1)C(F)(F)F.O=c1ccc2nccc(-c3cccnc3)c2[nH]1. The molecule has 330 valence electrons. The molecule has 2 N–H and O–H groups in total. The third-order valence-electron chi connectivity index (χ3n) is 9.33. The molecule has 10 heterocycles. The quantitative estimate of drug-likeness (QED) is 0.107. The second-order valence-corrected chi connectivity index (χ2v) is 16.7. The van der Waals surface area contributed by atoms with Gasteiger partial charge in [0.1, 0.15) is 16.3 Å². The van der Waals surface area contributed by atoms with Gasteiger partial charge < -0.3 is 14.5 Å². The van der Waals surface area contributed by atoms with Crippen molar-refractivity contribution in [1.82, 2.24) is 55.1 Å². The maximum atomic E-state index is 12.4. The lowest BCUT2D eigenvalue weighted by Crippen LogP contribution is -2.28. The molecule has 0 atom stereocenters. The third-order valence-corrected chi connectivity index (χ3v) is 11.4. The van der Waals surface area contributed by atoms with E-state index in [0.717, 1.165) is 66.3 Å². The highest BCUT2D eigenvalue weighted by atomic mass is 32.2. The van der Waals surface area contributed by atoms with E-state index in [1.54, 1.807) is 72.8 Å². The van der Waals surface area contributed by atoms with Gasteiger partial charge in [0.25, 0.3) is 0 Å². The molecule has 0 aliphatic rings. The van der Waals surface area contributed by atoms with E-state index in [4.69, 9.17) is 4.98 Å². The summed E-state index contributed by atoms with van der Waals surface area (Å²) in [7, 11) is -5.79. The van der Waals surface area contributed by atoms with Gasteiger partial charge in [0, 0.05) is 107 Å². The van der Waals surface area contributed by atoms with Crippen LogP contribution in [0, 0.1) is 0 Å². The Morgan fingerprint density at radius 2 is 1.17 bits per heavy atom. The van der Waals surface area contributed by atoms with Crippen molar-refractivity contribution in [2.24, 2.45) is 0 Å². The molecule has 0 saturated carbocycles. The highest BCUT2D eigenvalue weighted by molar-refractivity contribution is 7.88. The standard InChI is InChI=1S/C18H16N6S.C14H8F3N3O3S.C13H9N3O/c1-11(2)17-23-24-18(25-17)22-15-6-5-14-16(21-15)13(7-9-20-14)12-4-3-8-19-10-12;15-14(16,17)24(21,22)23-12-4-3-11-13(20-12)10(5-7-19-11)9-2-1-6-18-8-9;17-12-4-3-11-13(16-12)10(5-7-15-11)9-2-1-6-14-8-9/h3-11H,1-2H3,(H,21,22,24);1-8H;1-8H,(H,16,17). The first-order valence-electron chi connectivity index (χ1n) is 19.6. The van der Waals surface area contributed by atoms with E-state index in [1.165, 1.54) is 24.5 Å². The molecular formula is C45H33F3N12O4S2. The lowest BCUT2D eigenvalue weighted by molar-refractivity contribution is -0.0501. The molecule has 16 nitrogen and oxygen atoms in total. The molecule has 0 fully saturated rings. The van der Waals surface area contributed by atoms with Crippen molar-refractivity contribution in [3.63, 3.8) is 0 Å². The van der Waals surface area contributed by atoms with Crippen LogP contribution in [0.5, 0.6) is 5.88 Å². The molecule has 0 spiro atoms. The van der Waals surface area contributed by atoms with E-state index in [-0.39, 0.29) is 11.1 Å². The Bertz CT molecular complexity index is 3460. The van der Waals surface area contributed by atoms with E-state index in [1.807, 2.05) is 54.7 Å². The van der Waals surface area contributed by atoms with E-state index in [9.17, 15) is 26.4 Å². The minimum atomic E-state index is -5.79. The van der Waals surface area contributed by atoms with E-state index >= 15 is 0 Å². The van der Waals surface area contributed by atoms with Gasteiger partial charge in [0.2, 0.25) is 16.6 Å². The smallest absolute Gasteiger partial charge is 0.355 e. The van der Waals surface area contributed by atoms with Crippen molar-refractivity contribution in [2.75, 3.05) is 5.32 Å². The number of fused-ring (bicyclic) bond motifs is 3. The van der Waals surface area contributed by atoms with Gasteiger partial charge in [-0.2, -0.15) is 21.6 Å². The van der Waals surface area contributed by atoms with Crippen molar-refractivity contribution < 1.29 is 25.8 Å². The fourth-order valence-corrected chi connectivity index (χ4v) is 7.43. The largest absolute Gasteiger partial charge is 0.534 e. The van der Waals surface area contributed by atoms with Gasteiger partial charge in [0.05, 0.1) is 27.6 Å². The predicted molar refractivity (Wildman–Crippen MR) is 244 cm³/mol. The zero-order valence-corrected chi connectivity index (χ0v) is 36.1. The van der Waals surface area contributed by atoms with Crippen LogP contribution in [0.2, 0.25) is 0 Å². The topological polar surface area (TPSA) is 217 Å². The molecule has 10 aromatic heterocycles. The molecule has 0 aliphatic heterocycles. The molecule has 0 unspecified atom stereocenters. The van der Waals surface area contributed by atoms with Crippen LogP contribution in [0.4, 0.5) is 24.1 Å². The molecule has 0 radical (unpaired) electrons. The van der Waals surface area contributed by atoms with Gasteiger partial charge >= 0.3 is 15.6 Å². The first kappa shape index (κ1) is 44.4. The number of rotatable bonds is 8. The maximum Gasteiger partial charge on any atom is 0.534 e. The third kappa shape index (κ3) is 10.3. The Labute approximate surface area is 376 Å². The lowest BCUT2D eigenvalue weighted by atomic mass is 10.1. The summed E-state index contributed by atoms with van der Waals surface area (Å²) in [5.74, 6) is 0.383. The Balaban J connectivity index is 0.000000137. The monoisotopic (exact) mass is 926 g/mol. The van der Waals surface area contributed by atoms with Crippen molar-refractivity contribution >= 4 is 65.5 Å². The van der Waals surface area contributed by atoms with Gasteiger partial charge in [-0.1, -0.05) is 43.4 Å². The molecule has 0 aliphatic carbocycles. The van der Waals surface area contributed by atoms with Gasteiger partial charge in [-0.15, -0.1) is 10.2 Å². The number of pyridine rings is 9. The number of hydrogen-bond acceptors (Lipinski definition) is 16. The summed E-state index contributed by atoms with van der Waals surface area (Å²) < 4.78 is 63.5. The molecule has 0 aromatic carbocycles. The summed E-state index contributed by atoms with van der Waals surface area (Å²) in [4.78, 5) is 47.7. The van der Waals surface area contributed by atoms with Gasteiger partial charge in [-0.3, -0.25) is 34.7 Å². The van der Waals surface area contributed by atoms with Crippen molar-refractivity contribution in [2.45, 2.75) is 25.3 Å². The molecule has 10 rings (SSSR count). The van der Waals surface area contributed by atoms with Crippen LogP contribution in [0.1, 0.15) is 24.8 Å². The van der Waals surface area contributed by atoms with Gasteiger partial charge in [-0.25, -0.2) is 9.97 Å². The Kier molecular flexibility index (Phi) is 13.0. The van der Waals surface area contributed by atoms with Crippen LogP contribution in [0.15, 0.2) is 152 Å². The van der Waals surface area contributed by atoms with Crippen LogP contribution >= 0.6 is 11.3 Å². The molecule has 10 aromatic rings. The Hall–Kier alpha value is -8.17. The molecule has 21 heteroatoms. The van der Waals surface area contributed by atoms with Crippen molar-refractivity contribution in [3.8, 4) is 39.3 Å². The first-order valence-corrected chi connectivity index (χ1v) is 21.9. The molecule has 66 heavy (non-hydrogen) atoms. The predicted octanol–water partition coefficient (Wildman–Crippen LogP) is 9.32. The highest BCUT2D eigenvalue weighted by Crippen LogP contribution is 2.32. The number of anilines is 2. The number of nitrogens with zero attached hydrogens (tertiary/aromatic N) is 10. The molecule has 0 amide bonds. The first-order chi connectivity index (χ1) is 31.8. The summed E-state index contributed by atoms with van der Waals surface area (Å²) in [6.45, 7) is 4.20. The van der Waals surface area contributed by atoms with E-state index in [0.29, 0.717) is 22.6 Å².